The molecular weight excluding hydrogens is 349 g/mol. The Morgan fingerprint density at radius 2 is 2.08 bits per heavy atom. The first-order valence-corrected chi connectivity index (χ1v) is 8.76. The van der Waals surface area contributed by atoms with Gasteiger partial charge in [-0.3, -0.25) is 0 Å². The Morgan fingerprint density at radius 3 is 2.71 bits per heavy atom. The molecule has 6 nitrogen and oxygen atoms in total. The lowest BCUT2D eigenvalue weighted by Crippen LogP contribution is -2.44. The van der Waals surface area contributed by atoms with Crippen LogP contribution in [0.15, 0.2) is 18.2 Å². The van der Waals surface area contributed by atoms with Crippen LogP contribution in [-0.2, 0) is 17.2 Å². The maximum absolute atomic E-state index is 6.50. The van der Waals surface area contributed by atoms with E-state index in [1.165, 1.54) is 0 Å². The highest BCUT2D eigenvalue weighted by Crippen LogP contribution is 2.39. The monoisotopic (exact) mass is 369 g/mol. The predicted octanol–water partition coefficient (Wildman–Crippen LogP) is 2.92. The van der Waals surface area contributed by atoms with Gasteiger partial charge in [0.25, 0.3) is 0 Å². The van der Waals surface area contributed by atoms with E-state index in [-0.39, 0.29) is 11.5 Å². The second-order valence-corrected chi connectivity index (χ2v) is 7.12. The fourth-order valence-corrected chi connectivity index (χ4v) is 3.87. The van der Waals surface area contributed by atoms with Crippen LogP contribution in [0.4, 0.5) is 0 Å². The molecular formula is C16H21Cl2N5O. The van der Waals surface area contributed by atoms with Crippen molar-refractivity contribution in [3.05, 3.63) is 39.6 Å². The summed E-state index contributed by atoms with van der Waals surface area (Å²) < 4.78 is 7.26. The Bertz CT molecular complexity index is 700. The molecule has 0 bridgehead atoms. The van der Waals surface area contributed by atoms with Crippen LogP contribution in [0.1, 0.15) is 37.2 Å². The molecule has 1 fully saturated rings. The van der Waals surface area contributed by atoms with Crippen molar-refractivity contribution < 1.29 is 4.74 Å². The van der Waals surface area contributed by atoms with Gasteiger partial charge < -0.3 is 10.1 Å². The minimum absolute atomic E-state index is 0.0378. The molecule has 1 saturated heterocycles. The van der Waals surface area contributed by atoms with Crippen LogP contribution in [-0.4, -0.2) is 40.0 Å². The highest BCUT2D eigenvalue weighted by Gasteiger charge is 2.36. The normalized spacial score (nSPS) is 18.5. The molecule has 1 aliphatic heterocycles. The molecule has 1 atom stereocenters. The van der Waals surface area contributed by atoms with Crippen molar-refractivity contribution in [2.75, 3.05) is 19.8 Å². The number of hydrogen-bond donors (Lipinski definition) is 1. The largest absolute Gasteiger partial charge is 0.381 e. The highest BCUT2D eigenvalue weighted by atomic mass is 35.5. The number of ether oxygens (including phenoxy) is 1. The second-order valence-electron chi connectivity index (χ2n) is 6.28. The number of aromatic nitrogens is 4. The summed E-state index contributed by atoms with van der Waals surface area (Å²) in [7, 11) is 1.84. The van der Waals surface area contributed by atoms with Gasteiger partial charge in [0.2, 0.25) is 0 Å². The van der Waals surface area contributed by atoms with Crippen LogP contribution in [0.25, 0.3) is 0 Å². The summed E-state index contributed by atoms with van der Waals surface area (Å²) in [5.41, 5.74) is 1.04. The second kappa shape index (κ2) is 7.35. The van der Waals surface area contributed by atoms with Gasteiger partial charge in [-0.25, -0.2) is 4.68 Å². The molecule has 1 aromatic heterocycles. The Labute approximate surface area is 151 Å². The zero-order valence-corrected chi connectivity index (χ0v) is 15.3. The average molecular weight is 370 g/mol. The van der Waals surface area contributed by atoms with Gasteiger partial charge in [-0.2, -0.15) is 0 Å². The summed E-state index contributed by atoms with van der Waals surface area (Å²) in [5.74, 6) is 0.805. The first kappa shape index (κ1) is 17.6. The van der Waals surface area contributed by atoms with Gasteiger partial charge in [0, 0.05) is 42.3 Å². The van der Waals surface area contributed by atoms with Crippen LogP contribution in [0.5, 0.6) is 0 Å². The van der Waals surface area contributed by atoms with Gasteiger partial charge in [-0.1, -0.05) is 29.3 Å². The van der Waals surface area contributed by atoms with Crippen molar-refractivity contribution in [1.29, 1.82) is 0 Å². The third-order valence-corrected chi connectivity index (χ3v) is 5.29. The van der Waals surface area contributed by atoms with Crippen molar-refractivity contribution in [3.8, 4) is 0 Å². The molecule has 1 aromatic carbocycles. The topological polar surface area (TPSA) is 64.9 Å². The molecule has 1 N–H and O–H groups in total. The number of tetrazole rings is 1. The highest BCUT2D eigenvalue weighted by molar-refractivity contribution is 6.35. The van der Waals surface area contributed by atoms with E-state index in [0.717, 1.165) is 44.0 Å². The Balaban J connectivity index is 1.82. The minimum Gasteiger partial charge on any atom is -0.381 e. The van der Waals surface area contributed by atoms with Crippen molar-refractivity contribution in [1.82, 2.24) is 25.5 Å². The molecule has 2 heterocycles. The van der Waals surface area contributed by atoms with E-state index in [0.29, 0.717) is 10.0 Å². The quantitative estimate of drug-likeness (QED) is 0.877. The third kappa shape index (κ3) is 3.57. The average Bonchev–Trinajstić information content (AvgIpc) is 2.99. The summed E-state index contributed by atoms with van der Waals surface area (Å²) in [5, 5.41) is 16.6. The van der Waals surface area contributed by atoms with Crippen molar-refractivity contribution in [2.45, 2.75) is 31.2 Å². The minimum atomic E-state index is -0.0831. The SMILES string of the molecule is CC(NCC1(c2ccc(Cl)cc2Cl)CCOCC1)c1nnnn1C. The Kier molecular flexibility index (Phi) is 5.39. The first-order chi connectivity index (χ1) is 11.5. The van der Waals surface area contributed by atoms with Crippen LogP contribution in [0, 0.1) is 0 Å². The fraction of sp³-hybridized carbons (Fsp3) is 0.562. The van der Waals surface area contributed by atoms with Gasteiger partial charge in [0.1, 0.15) is 0 Å². The third-order valence-electron chi connectivity index (χ3n) is 4.74. The molecule has 0 amide bonds. The Morgan fingerprint density at radius 1 is 1.33 bits per heavy atom. The molecule has 8 heteroatoms. The van der Waals surface area contributed by atoms with Gasteiger partial charge in [-0.15, -0.1) is 5.10 Å². The lowest BCUT2D eigenvalue weighted by atomic mass is 9.74. The van der Waals surface area contributed by atoms with Crippen LogP contribution >= 0.6 is 23.2 Å². The summed E-state index contributed by atoms with van der Waals surface area (Å²) in [4.78, 5) is 0. The van der Waals surface area contributed by atoms with E-state index < -0.39 is 0 Å². The molecule has 2 aromatic rings. The lowest BCUT2D eigenvalue weighted by molar-refractivity contribution is 0.0489. The molecule has 1 unspecified atom stereocenters. The van der Waals surface area contributed by atoms with E-state index in [4.69, 9.17) is 27.9 Å². The van der Waals surface area contributed by atoms with Gasteiger partial charge in [-0.05, 0) is 47.9 Å². The van der Waals surface area contributed by atoms with Crippen molar-refractivity contribution in [3.63, 3.8) is 0 Å². The number of rotatable bonds is 5. The predicted molar refractivity (Wildman–Crippen MR) is 93.4 cm³/mol. The van der Waals surface area contributed by atoms with E-state index in [1.54, 1.807) is 4.68 Å². The van der Waals surface area contributed by atoms with Crippen molar-refractivity contribution >= 4 is 23.2 Å². The maximum atomic E-state index is 6.50. The van der Waals surface area contributed by atoms with Gasteiger partial charge in [0.15, 0.2) is 5.82 Å². The number of aryl methyl sites for hydroxylation is 1. The molecule has 0 radical (unpaired) electrons. The molecule has 1 aliphatic rings. The number of benzene rings is 1. The van der Waals surface area contributed by atoms with E-state index in [9.17, 15) is 0 Å². The maximum Gasteiger partial charge on any atom is 0.167 e. The van der Waals surface area contributed by atoms with E-state index >= 15 is 0 Å². The van der Waals surface area contributed by atoms with Gasteiger partial charge in [0.05, 0.1) is 6.04 Å². The summed E-state index contributed by atoms with van der Waals surface area (Å²) in [6, 6.07) is 5.78. The molecule has 3 rings (SSSR count). The Hall–Kier alpha value is -1.21. The van der Waals surface area contributed by atoms with E-state index in [1.807, 2.05) is 25.2 Å². The molecule has 130 valence electrons. The first-order valence-electron chi connectivity index (χ1n) is 8.01. The smallest absolute Gasteiger partial charge is 0.167 e. The van der Waals surface area contributed by atoms with Crippen molar-refractivity contribution in [2.24, 2.45) is 7.05 Å². The number of hydrogen-bond acceptors (Lipinski definition) is 5. The summed E-state index contributed by atoms with van der Waals surface area (Å²) in [6.45, 7) is 4.27. The number of nitrogens with zero attached hydrogens (tertiary/aromatic N) is 4. The van der Waals surface area contributed by atoms with Crippen LogP contribution in [0.2, 0.25) is 10.0 Å². The summed E-state index contributed by atoms with van der Waals surface area (Å²) >= 11 is 12.6. The van der Waals surface area contributed by atoms with Crippen LogP contribution < -0.4 is 5.32 Å². The lowest BCUT2D eigenvalue weighted by Gasteiger charge is -2.39. The standard InChI is InChI=1S/C16H21Cl2N5O/c1-11(15-20-21-22-23(15)2)19-10-16(5-7-24-8-6-16)13-4-3-12(17)9-14(13)18/h3-4,9,11,19H,5-8,10H2,1-2H3. The summed E-state index contributed by atoms with van der Waals surface area (Å²) in [6.07, 6.45) is 1.82. The van der Waals surface area contributed by atoms with E-state index in [2.05, 4.69) is 27.8 Å². The van der Waals surface area contributed by atoms with Gasteiger partial charge >= 0.3 is 0 Å². The number of halogens is 2. The fourth-order valence-electron chi connectivity index (χ4n) is 3.27. The molecule has 0 spiro atoms. The zero-order chi connectivity index (χ0) is 17.2. The van der Waals surface area contributed by atoms with Crippen LogP contribution in [0.3, 0.4) is 0 Å². The molecule has 24 heavy (non-hydrogen) atoms. The molecule has 0 aliphatic carbocycles. The molecule has 0 saturated carbocycles. The number of nitrogens with one attached hydrogen (secondary N) is 1. The zero-order valence-electron chi connectivity index (χ0n) is 13.8.